The van der Waals surface area contributed by atoms with Crippen LogP contribution in [0.15, 0.2) is 11.1 Å². The van der Waals surface area contributed by atoms with Gasteiger partial charge in [0.1, 0.15) is 5.78 Å². The molecule has 0 radical (unpaired) electrons. The molecule has 2 fully saturated rings. The molecule has 4 aliphatic rings. The van der Waals surface area contributed by atoms with Crippen molar-refractivity contribution in [3.05, 3.63) is 11.1 Å². The monoisotopic (exact) mass is 425 g/mol. The number of aliphatic hydroxyl groups is 1. The number of nitriles is 1. The maximum Gasteiger partial charge on any atom is 0.151 e. The number of carbonyl (C=O) groups is 1. The highest BCUT2D eigenvalue weighted by Gasteiger charge is 2.57. The van der Waals surface area contributed by atoms with Gasteiger partial charge in [-0.25, -0.2) is 0 Å². The average Bonchev–Trinajstić information content (AvgIpc) is 3.09. The molecule has 2 saturated carbocycles. The lowest BCUT2D eigenvalue weighted by Gasteiger charge is -2.56. The van der Waals surface area contributed by atoms with Crippen molar-refractivity contribution in [1.29, 1.82) is 5.26 Å². The molecule has 4 aliphatic carbocycles. The van der Waals surface area contributed by atoms with Crippen molar-refractivity contribution in [3.63, 3.8) is 0 Å². The molecule has 0 spiro atoms. The predicted octanol–water partition coefficient (Wildman–Crippen LogP) is 6.61. The Hall–Kier alpha value is -1.14. The van der Waals surface area contributed by atoms with Crippen LogP contribution in [0.5, 0.6) is 0 Å². The van der Waals surface area contributed by atoms with Gasteiger partial charge in [-0.3, -0.25) is 4.79 Å². The first-order chi connectivity index (χ1) is 14.5. The van der Waals surface area contributed by atoms with Gasteiger partial charge in [-0.1, -0.05) is 45.8 Å². The first-order valence-electron chi connectivity index (χ1n) is 12.9. The maximum atomic E-state index is 12.2. The van der Waals surface area contributed by atoms with Gasteiger partial charge in [0.05, 0.1) is 6.07 Å². The minimum atomic E-state index is -1.10. The molecular weight excluding hydrogens is 382 g/mol. The van der Waals surface area contributed by atoms with E-state index in [1.165, 1.54) is 32.1 Å². The van der Waals surface area contributed by atoms with E-state index in [-0.39, 0.29) is 11.3 Å². The number of ketones is 1. The second kappa shape index (κ2) is 8.02. The Morgan fingerprint density at radius 1 is 1.13 bits per heavy atom. The summed E-state index contributed by atoms with van der Waals surface area (Å²) in [5, 5.41) is 20.1. The van der Waals surface area contributed by atoms with Gasteiger partial charge in [-0.15, -0.1) is 0 Å². The number of carbonyl (C=O) groups excluding carboxylic acids is 1. The molecule has 0 amide bonds. The topological polar surface area (TPSA) is 61.1 Å². The van der Waals surface area contributed by atoms with E-state index in [4.69, 9.17) is 0 Å². The van der Waals surface area contributed by atoms with Gasteiger partial charge in [0.2, 0.25) is 0 Å². The number of hydrogen-bond donors (Lipinski definition) is 1. The summed E-state index contributed by atoms with van der Waals surface area (Å²) in [5.74, 6) is 3.08. The SMILES string of the molecule is CC(C)C(=O)CC[C@@H](C)[C@H]1CC[C@H]2C3=C(CC[C@]12C)[C@@]1(C)CCC(O)(C#N)CC1CC3. The fraction of sp³-hybridized carbons (Fsp3) is 0.857. The molecule has 3 heteroatoms. The summed E-state index contributed by atoms with van der Waals surface area (Å²) in [6.45, 7) is 11.4. The molecule has 0 bridgehead atoms. The molecule has 0 saturated heterocycles. The summed E-state index contributed by atoms with van der Waals surface area (Å²) in [5.41, 5.74) is 2.94. The van der Waals surface area contributed by atoms with Crippen LogP contribution >= 0.6 is 0 Å². The van der Waals surface area contributed by atoms with Crippen molar-refractivity contribution in [2.24, 2.45) is 40.4 Å². The Morgan fingerprint density at radius 3 is 2.55 bits per heavy atom. The minimum absolute atomic E-state index is 0.159. The highest BCUT2D eigenvalue weighted by Crippen LogP contribution is 2.66. The van der Waals surface area contributed by atoms with Crippen molar-refractivity contribution in [3.8, 4) is 6.07 Å². The second-order valence-electron chi connectivity index (χ2n) is 12.4. The van der Waals surface area contributed by atoms with Gasteiger partial charge >= 0.3 is 0 Å². The van der Waals surface area contributed by atoms with Gasteiger partial charge in [-0.05, 0) is 98.7 Å². The van der Waals surface area contributed by atoms with Crippen molar-refractivity contribution in [2.75, 3.05) is 0 Å². The van der Waals surface area contributed by atoms with Crippen molar-refractivity contribution in [2.45, 2.75) is 111 Å². The van der Waals surface area contributed by atoms with E-state index < -0.39 is 5.60 Å². The molecule has 0 aromatic carbocycles. The fourth-order valence-electron chi connectivity index (χ4n) is 8.39. The van der Waals surface area contributed by atoms with E-state index in [1.54, 1.807) is 11.1 Å². The van der Waals surface area contributed by atoms with Crippen LogP contribution in [0.1, 0.15) is 105 Å². The van der Waals surface area contributed by atoms with Crippen LogP contribution < -0.4 is 0 Å². The summed E-state index contributed by atoms with van der Waals surface area (Å²) < 4.78 is 0. The van der Waals surface area contributed by atoms with Crippen LogP contribution in [0.4, 0.5) is 0 Å². The highest BCUT2D eigenvalue weighted by molar-refractivity contribution is 5.80. The zero-order chi connectivity index (χ0) is 22.6. The molecule has 0 heterocycles. The highest BCUT2D eigenvalue weighted by atomic mass is 16.3. The van der Waals surface area contributed by atoms with E-state index in [0.717, 1.165) is 31.6 Å². The Morgan fingerprint density at radius 2 is 1.87 bits per heavy atom. The normalized spacial score (nSPS) is 43.1. The number of hydrogen-bond acceptors (Lipinski definition) is 3. The van der Waals surface area contributed by atoms with Crippen molar-refractivity contribution >= 4 is 5.78 Å². The Kier molecular flexibility index (Phi) is 5.96. The number of nitrogens with zero attached hydrogens (tertiary/aromatic N) is 1. The van der Waals surface area contributed by atoms with Crippen LogP contribution in [0.2, 0.25) is 0 Å². The zero-order valence-electron chi connectivity index (χ0n) is 20.5. The van der Waals surface area contributed by atoms with Crippen LogP contribution in [0.3, 0.4) is 0 Å². The van der Waals surface area contributed by atoms with E-state index in [9.17, 15) is 15.2 Å². The number of fused-ring (bicyclic) bond motifs is 4. The van der Waals surface area contributed by atoms with Crippen molar-refractivity contribution in [1.82, 2.24) is 0 Å². The standard InChI is InChI=1S/C28H43NO2/c1-18(2)25(30)11-6-19(3)22-9-10-23-21-8-7-20-16-28(31,17-29)15-14-26(20,4)24(21)12-13-27(22,23)5/h18-20,22-23,31H,6-16H2,1-5H3/t19-,20?,22-,23+,26+,27-,28?/m1/s1. The molecule has 31 heavy (non-hydrogen) atoms. The van der Waals surface area contributed by atoms with Gasteiger partial charge in [0.15, 0.2) is 5.60 Å². The lowest BCUT2D eigenvalue weighted by atomic mass is 9.49. The summed E-state index contributed by atoms with van der Waals surface area (Å²) in [7, 11) is 0. The minimum Gasteiger partial charge on any atom is -0.375 e. The maximum absolute atomic E-state index is 12.2. The lowest BCUT2D eigenvalue weighted by Crippen LogP contribution is -2.48. The Balaban J connectivity index is 1.53. The number of allylic oxidation sites excluding steroid dienone is 2. The zero-order valence-corrected chi connectivity index (χ0v) is 20.5. The van der Waals surface area contributed by atoms with Gasteiger partial charge < -0.3 is 5.11 Å². The van der Waals surface area contributed by atoms with Crippen LogP contribution in [-0.2, 0) is 4.79 Å². The Labute approximate surface area is 189 Å². The molecule has 0 aromatic rings. The fourth-order valence-corrected chi connectivity index (χ4v) is 8.39. The van der Waals surface area contributed by atoms with E-state index in [0.29, 0.717) is 41.8 Å². The molecule has 0 aliphatic heterocycles. The third-order valence-corrected chi connectivity index (χ3v) is 10.5. The molecule has 0 aromatic heterocycles. The van der Waals surface area contributed by atoms with Crippen LogP contribution in [0.25, 0.3) is 0 Å². The number of rotatable bonds is 5. The summed E-state index contributed by atoms with van der Waals surface area (Å²) in [6, 6.07) is 2.21. The van der Waals surface area contributed by atoms with Crippen LogP contribution in [0, 0.1) is 51.8 Å². The second-order valence-corrected chi connectivity index (χ2v) is 12.4. The van der Waals surface area contributed by atoms with E-state index in [2.05, 4.69) is 26.8 Å². The van der Waals surface area contributed by atoms with Crippen LogP contribution in [-0.4, -0.2) is 16.5 Å². The summed E-state index contributed by atoms with van der Waals surface area (Å²) in [4.78, 5) is 12.2. The number of Topliss-reactive ketones (excluding diaryl/α,β-unsaturated/α-hetero) is 1. The largest absolute Gasteiger partial charge is 0.375 e. The molecular formula is C28H43NO2. The predicted molar refractivity (Wildman–Crippen MR) is 124 cm³/mol. The van der Waals surface area contributed by atoms with E-state index in [1.807, 2.05) is 13.8 Å². The molecule has 3 nitrogen and oxygen atoms in total. The van der Waals surface area contributed by atoms with Crippen molar-refractivity contribution < 1.29 is 9.90 Å². The van der Waals surface area contributed by atoms with Gasteiger partial charge in [-0.2, -0.15) is 5.26 Å². The quantitative estimate of drug-likeness (QED) is 0.398. The third-order valence-electron chi connectivity index (χ3n) is 10.5. The molecule has 7 atom stereocenters. The smallest absolute Gasteiger partial charge is 0.151 e. The molecule has 4 rings (SSSR count). The van der Waals surface area contributed by atoms with Gasteiger partial charge in [0, 0.05) is 12.3 Å². The summed E-state index contributed by atoms with van der Waals surface area (Å²) in [6.07, 6.45) is 11.4. The average molecular weight is 426 g/mol. The first-order valence-corrected chi connectivity index (χ1v) is 12.9. The molecule has 172 valence electrons. The summed E-state index contributed by atoms with van der Waals surface area (Å²) >= 11 is 0. The van der Waals surface area contributed by atoms with Gasteiger partial charge in [0.25, 0.3) is 0 Å². The Bertz CT molecular complexity index is 806. The molecule has 2 unspecified atom stereocenters. The van der Waals surface area contributed by atoms with E-state index >= 15 is 0 Å². The molecule has 1 N–H and O–H groups in total. The third kappa shape index (κ3) is 3.72. The lowest BCUT2D eigenvalue weighted by molar-refractivity contribution is -0.122. The first kappa shape index (κ1) is 23.0.